The van der Waals surface area contributed by atoms with Gasteiger partial charge in [-0.05, 0) is 41.7 Å². The number of pyridine rings is 1. The summed E-state index contributed by atoms with van der Waals surface area (Å²) in [4.78, 5) is 17.2. The van der Waals surface area contributed by atoms with Gasteiger partial charge in [0.2, 0.25) is 5.91 Å². The van der Waals surface area contributed by atoms with Gasteiger partial charge in [-0.1, -0.05) is 72.1 Å². The molecule has 1 amide bonds. The molecule has 0 radical (unpaired) electrons. The normalized spacial score (nSPS) is 16.7. The zero-order valence-electron chi connectivity index (χ0n) is 15.2. The zero-order valence-corrected chi connectivity index (χ0v) is 17.5. The van der Waals surface area contributed by atoms with Gasteiger partial charge in [0.05, 0.1) is 10.9 Å². The molecule has 5 nitrogen and oxygen atoms in total. The molecule has 2 aromatic rings. The molecule has 1 aromatic carbocycles. The maximum atomic E-state index is 13.0. The van der Waals surface area contributed by atoms with Crippen LogP contribution in [0.15, 0.2) is 36.5 Å². The van der Waals surface area contributed by atoms with Gasteiger partial charge in [-0.15, -0.1) is 0 Å². The van der Waals surface area contributed by atoms with E-state index in [1.807, 2.05) is 0 Å². The van der Waals surface area contributed by atoms with Crippen molar-refractivity contribution in [3.63, 3.8) is 0 Å². The number of hydrogen-bond acceptors (Lipinski definition) is 4. The molecule has 28 heavy (non-hydrogen) atoms. The van der Waals surface area contributed by atoms with Crippen molar-refractivity contribution >= 4 is 46.0 Å². The van der Waals surface area contributed by atoms with E-state index in [9.17, 15) is 13.6 Å². The van der Waals surface area contributed by atoms with Crippen molar-refractivity contribution in [2.24, 2.45) is 5.92 Å². The van der Waals surface area contributed by atoms with Crippen molar-refractivity contribution in [3.05, 3.63) is 57.7 Å². The fourth-order valence-electron chi connectivity index (χ4n) is 3.66. The van der Waals surface area contributed by atoms with Gasteiger partial charge in [-0.2, -0.15) is 0 Å². The smallest absolute Gasteiger partial charge is 0.233 e. The molecule has 0 bridgehead atoms. The Hall–Kier alpha value is -1.47. The summed E-state index contributed by atoms with van der Waals surface area (Å²) in [5.74, 6) is 0.243. The van der Waals surface area contributed by atoms with E-state index in [-0.39, 0.29) is 17.6 Å². The van der Waals surface area contributed by atoms with Crippen molar-refractivity contribution < 1.29 is 13.6 Å². The van der Waals surface area contributed by atoms with Gasteiger partial charge in [-0.25, -0.2) is 4.98 Å². The van der Waals surface area contributed by atoms with E-state index in [1.54, 1.807) is 30.3 Å². The van der Waals surface area contributed by atoms with Gasteiger partial charge >= 0.3 is 0 Å². The van der Waals surface area contributed by atoms with Crippen molar-refractivity contribution in [1.82, 2.24) is 4.98 Å². The highest BCUT2D eigenvalue weighted by Gasteiger charge is 2.27. The third-order valence-corrected chi connectivity index (χ3v) is 6.21. The lowest BCUT2D eigenvalue weighted by atomic mass is 9.87. The minimum atomic E-state index is -2.22. The van der Waals surface area contributed by atoms with Gasteiger partial charge in [0.25, 0.3) is 0 Å². The number of amides is 1. The van der Waals surface area contributed by atoms with E-state index in [4.69, 9.17) is 23.2 Å². The van der Waals surface area contributed by atoms with Crippen LogP contribution in [0.1, 0.15) is 49.1 Å². The second-order valence-corrected chi connectivity index (χ2v) is 8.83. The first kappa shape index (κ1) is 21.2. The first-order chi connectivity index (χ1) is 13.4. The largest absolute Gasteiger partial charge is 0.772 e. The Labute approximate surface area is 177 Å². The highest BCUT2D eigenvalue weighted by atomic mass is 35.5. The van der Waals surface area contributed by atoms with Crippen LogP contribution in [0.2, 0.25) is 10.0 Å². The maximum Gasteiger partial charge on any atom is 0.233 e. The quantitative estimate of drug-likeness (QED) is 0.610. The number of carbonyl (C=O) groups excluding carboxylic acids is 1. The number of carbonyl (C=O) groups is 1. The zero-order chi connectivity index (χ0) is 20.1. The summed E-state index contributed by atoms with van der Waals surface area (Å²) in [5.41, 5.74) is 1.31. The molecular formula is C20H21Cl2N2O3S-. The number of nitrogens with zero attached hydrogens (tertiary/aromatic N) is 1. The molecule has 150 valence electrons. The van der Waals surface area contributed by atoms with Gasteiger partial charge in [0.15, 0.2) is 0 Å². The predicted octanol–water partition coefficient (Wildman–Crippen LogP) is 5.07. The molecule has 3 rings (SSSR count). The molecule has 1 heterocycles. The molecule has 2 unspecified atom stereocenters. The van der Waals surface area contributed by atoms with E-state index >= 15 is 0 Å². The minimum Gasteiger partial charge on any atom is -0.772 e. The lowest BCUT2D eigenvalue weighted by Crippen LogP contribution is -2.23. The van der Waals surface area contributed by atoms with Crippen LogP contribution in [0.3, 0.4) is 0 Å². The van der Waals surface area contributed by atoms with Crippen LogP contribution in [0.25, 0.3) is 0 Å². The van der Waals surface area contributed by atoms with Crippen LogP contribution < -0.4 is 5.32 Å². The summed E-state index contributed by atoms with van der Waals surface area (Å²) in [5, 5.41) is 3.71. The Morgan fingerprint density at radius 3 is 2.61 bits per heavy atom. The van der Waals surface area contributed by atoms with Crippen molar-refractivity contribution in [2.75, 3.05) is 5.32 Å². The maximum absolute atomic E-state index is 13.0. The van der Waals surface area contributed by atoms with Gasteiger partial charge in [0.1, 0.15) is 5.82 Å². The summed E-state index contributed by atoms with van der Waals surface area (Å²) >= 11 is 9.92. The molecular weight excluding hydrogens is 419 g/mol. The Bertz CT molecular complexity index is 855. The Kier molecular flexibility index (Phi) is 7.46. The van der Waals surface area contributed by atoms with Gasteiger partial charge in [0, 0.05) is 17.0 Å². The fraction of sp³-hybridized carbons (Fsp3) is 0.400. The Morgan fingerprint density at radius 2 is 2.00 bits per heavy atom. The molecule has 1 aliphatic carbocycles. The third kappa shape index (κ3) is 5.77. The van der Waals surface area contributed by atoms with E-state index in [0.29, 0.717) is 27.3 Å². The monoisotopic (exact) mass is 439 g/mol. The molecule has 1 aliphatic rings. The van der Waals surface area contributed by atoms with Crippen LogP contribution in [-0.4, -0.2) is 19.7 Å². The van der Waals surface area contributed by atoms with Gasteiger partial charge < -0.3 is 9.87 Å². The summed E-state index contributed by atoms with van der Waals surface area (Å²) < 4.78 is 21.9. The van der Waals surface area contributed by atoms with E-state index in [0.717, 1.165) is 24.8 Å². The molecule has 1 fully saturated rings. The number of anilines is 1. The molecule has 0 aliphatic heterocycles. The summed E-state index contributed by atoms with van der Waals surface area (Å²) in [7, 11) is 0. The lowest BCUT2D eigenvalue weighted by Gasteiger charge is -2.21. The van der Waals surface area contributed by atoms with Crippen molar-refractivity contribution in [1.29, 1.82) is 0 Å². The number of nitrogens with one attached hydrogen (secondary N) is 1. The molecule has 1 saturated carbocycles. The number of aromatic nitrogens is 1. The molecule has 2 atom stereocenters. The summed E-state index contributed by atoms with van der Waals surface area (Å²) in [6.45, 7) is 0. The summed E-state index contributed by atoms with van der Waals surface area (Å²) in [6, 6.07) is 8.51. The topological polar surface area (TPSA) is 82.1 Å². The number of halogens is 2. The second-order valence-electron chi connectivity index (χ2n) is 7.09. The average molecular weight is 440 g/mol. The Morgan fingerprint density at radius 1 is 1.25 bits per heavy atom. The molecule has 0 saturated heterocycles. The lowest BCUT2D eigenvalue weighted by molar-refractivity contribution is -0.118. The van der Waals surface area contributed by atoms with Crippen LogP contribution in [-0.2, 0) is 21.6 Å². The number of hydrogen-bond donors (Lipinski definition) is 1. The van der Waals surface area contributed by atoms with Gasteiger partial charge in [-0.3, -0.25) is 9.00 Å². The minimum absolute atomic E-state index is 0.146. The number of rotatable bonds is 7. The molecule has 0 spiro atoms. The van der Waals surface area contributed by atoms with Crippen molar-refractivity contribution in [3.8, 4) is 0 Å². The molecule has 1 aromatic heterocycles. The highest BCUT2D eigenvalue weighted by molar-refractivity contribution is 7.78. The standard InChI is InChI=1S/C20H22Cl2N2O3S/c21-16-7-8-19(23-11-16)24-20(25)17(9-13-3-1-2-4-13)14-5-6-15(12-28(26)27)18(22)10-14/h5-8,10-11,13,17H,1-4,9,12H2,(H,26,27)(H,23,24,25)/p-1. The molecule has 8 heteroatoms. The van der Waals surface area contributed by atoms with Crippen molar-refractivity contribution in [2.45, 2.75) is 43.8 Å². The van der Waals surface area contributed by atoms with E-state index < -0.39 is 11.1 Å². The SMILES string of the molecule is O=C(Nc1ccc(Cl)cn1)C(CC1CCCC1)c1ccc(CS(=O)[O-])c(Cl)c1. The molecule has 1 N–H and O–H groups in total. The summed E-state index contributed by atoms with van der Waals surface area (Å²) in [6.07, 6.45) is 6.81. The van der Waals surface area contributed by atoms with Crippen LogP contribution in [0.5, 0.6) is 0 Å². The predicted molar refractivity (Wildman–Crippen MR) is 111 cm³/mol. The van der Waals surface area contributed by atoms with E-state index in [2.05, 4.69) is 10.3 Å². The second kappa shape index (κ2) is 9.83. The average Bonchev–Trinajstić information content (AvgIpc) is 3.16. The highest BCUT2D eigenvalue weighted by Crippen LogP contribution is 2.36. The van der Waals surface area contributed by atoms with Crippen LogP contribution in [0.4, 0.5) is 5.82 Å². The first-order valence-electron chi connectivity index (χ1n) is 9.19. The van der Waals surface area contributed by atoms with E-state index in [1.165, 1.54) is 19.0 Å². The third-order valence-electron chi connectivity index (χ3n) is 5.09. The number of benzene rings is 1. The first-order valence-corrected chi connectivity index (χ1v) is 11.2. The van der Waals surface area contributed by atoms with Crippen LogP contribution in [0, 0.1) is 5.92 Å². The Balaban J connectivity index is 1.83. The fourth-order valence-corrected chi connectivity index (χ4v) is 4.61. The van der Waals surface area contributed by atoms with Crippen LogP contribution >= 0.6 is 23.2 Å².